The number of nitrogen functional groups attached to an aromatic ring is 1. The van der Waals surface area contributed by atoms with Crippen molar-refractivity contribution in [1.82, 2.24) is 40.8 Å². The Morgan fingerprint density at radius 3 is 2.07 bits per heavy atom. The molecule has 5 amide bonds. The van der Waals surface area contributed by atoms with Crippen molar-refractivity contribution >= 4 is 53.3 Å². The van der Waals surface area contributed by atoms with Crippen molar-refractivity contribution in [3.63, 3.8) is 0 Å². The van der Waals surface area contributed by atoms with Gasteiger partial charge in [-0.25, -0.2) is 15.3 Å². The topological polar surface area (TPSA) is 367 Å². The molecule has 71 heavy (non-hydrogen) atoms. The number of aryl methyl sites for hydroxylation is 1. The molecule has 2 aliphatic heterocycles. The predicted molar refractivity (Wildman–Crippen MR) is 249 cm³/mol. The summed E-state index contributed by atoms with van der Waals surface area (Å²) in [4.78, 5) is 86.6. The number of hydrogen-bond donors (Lipinski definition) is 9. The van der Waals surface area contributed by atoms with Gasteiger partial charge in [-0.2, -0.15) is 13.2 Å². The summed E-state index contributed by atoms with van der Waals surface area (Å²) in [6.07, 6.45) is 3.85. The Morgan fingerprint density at radius 1 is 0.986 bits per heavy atom. The van der Waals surface area contributed by atoms with Gasteiger partial charge in [0.05, 0.1) is 57.1 Å². The van der Waals surface area contributed by atoms with Crippen LogP contribution in [0.3, 0.4) is 0 Å². The first kappa shape index (κ1) is 68.2. The summed E-state index contributed by atoms with van der Waals surface area (Å²) >= 11 is 0. The number of carboxylic acid groups (broad SMARTS) is 1. The van der Waals surface area contributed by atoms with Gasteiger partial charge in [-0.3, -0.25) is 39.7 Å². The zero-order valence-corrected chi connectivity index (χ0v) is 43.7. The number of carbonyl (C=O) groups excluding carboxylic acids is 6. The van der Waals surface area contributed by atoms with Crippen LogP contribution in [0.1, 0.15) is 76.5 Å². The molecule has 3 rings (SSSR count). The maximum absolute atomic E-state index is 13.5. The Bertz CT molecular complexity index is 1930. The van der Waals surface area contributed by atoms with Crippen LogP contribution in [-0.4, -0.2) is 181 Å². The van der Waals surface area contributed by atoms with Gasteiger partial charge in [0.15, 0.2) is 0 Å². The fraction of sp³-hybridized carbons (Fsp3) is 0.628. The van der Waals surface area contributed by atoms with Gasteiger partial charge in [-0.05, 0) is 37.8 Å². The predicted octanol–water partition coefficient (Wildman–Crippen LogP) is 1.08. The van der Waals surface area contributed by atoms with Crippen molar-refractivity contribution in [3.05, 3.63) is 47.2 Å². The molecule has 2 unspecified atom stereocenters. The number of nitrogens with one attached hydrogen (secondary N) is 6. The molecule has 399 valence electrons. The number of unbranched alkanes of at least 4 members (excludes halogenated alkanes) is 1. The van der Waals surface area contributed by atoms with Crippen LogP contribution in [0.25, 0.3) is 6.15 Å². The zero-order chi connectivity index (χ0) is 52.1. The number of aldehydes is 1. The van der Waals surface area contributed by atoms with Crippen LogP contribution < -0.4 is 27.2 Å². The molecule has 0 aromatic carbocycles. The van der Waals surface area contributed by atoms with Crippen molar-refractivity contribution < 1.29 is 104 Å². The first-order valence-corrected chi connectivity index (χ1v) is 22.2. The maximum Gasteiger partial charge on any atom is 0.490 e. The third-order valence-electron chi connectivity index (χ3n) is 10.0. The minimum Gasteiger partial charge on any atom is -0.693 e. The molecule has 2 atom stereocenters. The number of amidine groups is 1. The second-order valence-electron chi connectivity index (χ2n) is 15.6. The summed E-state index contributed by atoms with van der Waals surface area (Å²) in [6.45, 7) is 9.57. The average Bonchev–Trinajstić information content (AvgIpc) is 4.01. The SMILES string of the molecule is CCCCc1nc(C(=N)N)c(C(=N)C2=CCN(C(=O)C(CCCNO)NC(=O)C(NC)C(C)C)C2)n1C.O=C(O)C(F)(F)F.O=CCCOCCOCCOCCNC(=O)CCN1C(=O)C=CC1=O.[NH2-].[Y]. The van der Waals surface area contributed by atoms with Gasteiger partial charge < -0.3 is 66.6 Å². The number of imide groups is 1. The number of halogens is 3. The van der Waals surface area contributed by atoms with Gasteiger partial charge in [-0.15, -0.1) is 0 Å². The van der Waals surface area contributed by atoms with Crippen LogP contribution in [0.2, 0.25) is 0 Å². The largest absolute Gasteiger partial charge is 0.693 e. The van der Waals surface area contributed by atoms with E-state index in [1.165, 1.54) is 12.2 Å². The van der Waals surface area contributed by atoms with E-state index in [0.717, 1.165) is 36.3 Å². The number of nitrogens with zero attached hydrogens (tertiary/aromatic N) is 4. The Hall–Kier alpha value is -4.87. The number of nitrogens with two attached hydrogens (primary N) is 2. The van der Waals surface area contributed by atoms with E-state index in [2.05, 4.69) is 33.3 Å². The molecule has 0 saturated heterocycles. The number of imidazole rings is 1. The van der Waals surface area contributed by atoms with E-state index in [0.29, 0.717) is 89.8 Å². The van der Waals surface area contributed by atoms with Gasteiger partial charge >= 0.3 is 12.1 Å². The molecular formula is C43H70F3N12O12Y-. The van der Waals surface area contributed by atoms with Crippen LogP contribution in [0, 0.1) is 16.7 Å². The number of aromatic nitrogens is 2. The van der Waals surface area contributed by atoms with E-state index in [1.807, 2.05) is 31.5 Å². The van der Waals surface area contributed by atoms with Crippen molar-refractivity contribution in [1.29, 1.82) is 10.8 Å². The fourth-order valence-corrected chi connectivity index (χ4v) is 6.41. The Labute approximate surface area is 436 Å². The minimum atomic E-state index is -5.08. The number of carbonyl (C=O) groups is 7. The van der Waals surface area contributed by atoms with E-state index < -0.39 is 36.0 Å². The van der Waals surface area contributed by atoms with Crippen LogP contribution in [0.15, 0.2) is 23.8 Å². The van der Waals surface area contributed by atoms with Crippen molar-refractivity contribution in [3.8, 4) is 0 Å². The molecule has 1 radical (unpaired) electrons. The number of hydroxylamine groups is 1. The normalized spacial score (nSPS) is 13.7. The fourth-order valence-electron chi connectivity index (χ4n) is 6.41. The van der Waals surface area contributed by atoms with E-state index in [1.54, 1.807) is 11.9 Å². The van der Waals surface area contributed by atoms with Crippen molar-refractivity contribution in [2.75, 3.05) is 79.4 Å². The summed E-state index contributed by atoms with van der Waals surface area (Å²) in [5.74, 6) is -3.69. The molecule has 24 nitrogen and oxygen atoms in total. The number of ether oxygens (including phenoxy) is 3. The standard InChI is InChI=1S/C25H43N9O3.C16H24N2O7.C2HF3O2.H2N.Y/c1-6-7-10-18-32-21(23(27)28)22(33(18)5)19(26)16-11-13-34(14-16)25(36)17(9-8-12-30-37)31-24(35)20(29-4)15(2)3;19-7-1-8-23-10-12-25-13-11-24-9-5-17-14(20)4-6-18-15(21)2-3-16(18)22;3-2(4,5)1(6)7;;/h11,15,17,20,26,29-30,37H,6-10,12-14H2,1-5H3,(H3,27,28)(H,31,35);2-3,7H,1,4-6,8-13H2,(H,17,20);(H,6,7);1H2;/q;;;-1;. The van der Waals surface area contributed by atoms with E-state index in [4.69, 9.17) is 45.9 Å². The molecular weight excluding hydrogens is 1020 g/mol. The summed E-state index contributed by atoms with van der Waals surface area (Å²) < 4.78 is 49.2. The number of alkyl halides is 3. The first-order valence-electron chi connectivity index (χ1n) is 22.2. The monoisotopic (exact) mass is 1090 g/mol. The molecule has 2 aliphatic rings. The van der Waals surface area contributed by atoms with E-state index in [9.17, 15) is 41.9 Å². The summed E-state index contributed by atoms with van der Waals surface area (Å²) in [7, 11) is 3.53. The molecule has 0 aliphatic carbocycles. The number of aliphatic carboxylic acids is 1. The molecule has 12 N–H and O–H groups in total. The smallest absolute Gasteiger partial charge is 0.490 e. The molecule has 0 spiro atoms. The molecule has 0 bridgehead atoms. The maximum atomic E-state index is 13.5. The third-order valence-corrected chi connectivity index (χ3v) is 10.0. The Balaban J connectivity index is 0. The summed E-state index contributed by atoms with van der Waals surface area (Å²) in [5, 5.41) is 41.4. The van der Waals surface area contributed by atoms with Gasteiger partial charge in [0.2, 0.25) is 17.7 Å². The van der Waals surface area contributed by atoms with E-state index in [-0.39, 0.29) is 99.3 Å². The molecule has 3 heterocycles. The van der Waals surface area contributed by atoms with Gasteiger partial charge in [0, 0.05) is 104 Å². The minimum absolute atomic E-state index is 0. The average molecular weight is 1090 g/mol. The van der Waals surface area contributed by atoms with Gasteiger partial charge in [0.1, 0.15) is 29.7 Å². The third kappa shape index (κ3) is 25.4. The zero-order valence-electron chi connectivity index (χ0n) is 40.9. The summed E-state index contributed by atoms with van der Waals surface area (Å²) in [6, 6.07) is -1.20. The number of likely N-dealkylation sites (N-methyl/N-ethyl adjacent to an activating group) is 1. The number of amides is 5. The van der Waals surface area contributed by atoms with Crippen LogP contribution in [0.5, 0.6) is 0 Å². The Kier molecular flexibility index (Phi) is 35.5. The first-order chi connectivity index (χ1) is 32.7. The van der Waals surface area contributed by atoms with Crippen LogP contribution >= 0.6 is 0 Å². The number of hydrogen-bond acceptors (Lipinski definition) is 16. The molecule has 28 heteroatoms. The van der Waals surface area contributed by atoms with Crippen molar-refractivity contribution in [2.45, 2.75) is 84.0 Å². The quantitative estimate of drug-likeness (QED) is 0.0130. The number of rotatable bonds is 30. The van der Waals surface area contributed by atoms with Crippen LogP contribution in [-0.2, 0) is 94.0 Å². The number of carboxylic acids is 1. The molecule has 0 saturated carbocycles. The second kappa shape index (κ2) is 37.0. The molecule has 1 aromatic rings. The second-order valence-corrected chi connectivity index (χ2v) is 15.6. The van der Waals surface area contributed by atoms with E-state index >= 15 is 0 Å². The molecule has 0 fully saturated rings. The van der Waals surface area contributed by atoms with Crippen molar-refractivity contribution in [2.24, 2.45) is 18.7 Å². The van der Waals surface area contributed by atoms with Crippen LogP contribution in [0.4, 0.5) is 13.2 Å². The van der Waals surface area contributed by atoms with Gasteiger partial charge in [-0.1, -0.05) is 33.3 Å². The molecule has 1 aromatic heterocycles. The van der Waals surface area contributed by atoms with Gasteiger partial charge in [0.25, 0.3) is 11.8 Å². The Morgan fingerprint density at radius 2 is 1.56 bits per heavy atom. The summed E-state index contributed by atoms with van der Waals surface area (Å²) in [5.41, 5.74) is 9.44.